The zero-order valence-electron chi connectivity index (χ0n) is 16.7. The van der Waals surface area contributed by atoms with Gasteiger partial charge in [-0.3, -0.25) is 4.68 Å². The molecular formula is C19H26FN7O. The van der Waals surface area contributed by atoms with Gasteiger partial charge >= 0.3 is 0 Å². The number of anilines is 2. The van der Waals surface area contributed by atoms with Crippen LogP contribution in [0.1, 0.15) is 32.4 Å². The number of nitrogens with one attached hydrogen (secondary N) is 1. The van der Waals surface area contributed by atoms with Crippen LogP contribution < -0.4 is 10.1 Å². The van der Waals surface area contributed by atoms with E-state index in [-0.39, 0.29) is 11.8 Å². The van der Waals surface area contributed by atoms with Crippen LogP contribution in [0, 0.1) is 30.0 Å². The van der Waals surface area contributed by atoms with E-state index in [9.17, 15) is 9.65 Å². The molecule has 0 amide bonds. The highest BCUT2D eigenvalue weighted by molar-refractivity contribution is 5.55. The molecule has 1 aliphatic rings. The van der Waals surface area contributed by atoms with E-state index in [4.69, 9.17) is 4.74 Å². The zero-order valence-corrected chi connectivity index (χ0v) is 16.7. The first-order valence-corrected chi connectivity index (χ1v) is 9.37. The molecule has 0 aliphatic carbocycles. The number of nitriles is 1. The Morgan fingerprint density at radius 2 is 2.11 bits per heavy atom. The number of hydrogen-bond acceptors (Lipinski definition) is 7. The van der Waals surface area contributed by atoms with Crippen LogP contribution in [-0.2, 0) is 5.54 Å². The first-order chi connectivity index (χ1) is 13.3. The monoisotopic (exact) mass is 387 g/mol. The fourth-order valence-electron chi connectivity index (χ4n) is 2.98. The van der Waals surface area contributed by atoms with E-state index in [1.54, 1.807) is 24.7 Å². The van der Waals surface area contributed by atoms with Gasteiger partial charge in [-0.1, -0.05) is 0 Å². The molecule has 8 nitrogen and oxygen atoms in total. The maximum Gasteiger partial charge on any atom is 0.255 e. The van der Waals surface area contributed by atoms with Crippen molar-refractivity contribution in [2.24, 2.45) is 5.92 Å². The molecule has 1 fully saturated rings. The van der Waals surface area contributed by atoms with E-state index in [1.807, 2.05) is 6.92 Å². The van der Waals surface area contributed by atoms with Crippen LogP contribution in [0.15, 0.2) is 12.4 Å². The van der Waals surface area contributed by atoms with E-state index >= 15 is 0 Å². The Morgan fingerprint density at radius 3 is 2.79 bits per heavy atom. The topological polar surface area (TPSA) is 91.9 Å². The minimum atomic E-state index is -0.781. The SMILES string of the molecule is Cc1nn(C(C)(C)C#N)cc1Nc1ncc(F)c(OCC2CCN(C)CC2)n1. The summed E-state index contributed by atoms with van der Waals surface area (Å²) in [5.74, 6) is -0.0248. The molecule has 1 N–H and O–H groups in total. The van der Waals surface area contributed by atoms with Crippen LogP contribution in [0.3, 0.4) is 0 Å². The number of ether oxygens (including phenoxy) is 1. The summed E-state index contributed by atoms with van der Waals surface area (Å²) in [5, 5.41) is 16.7. The van der Waals surface area contributed by atoms with Gasteiger partial charge in [-0.15, -0.1) is 0 Å². The van der Waals surface area contributed by atoms with Crippen molar-refractivity contribution in [2.45, 2.75) is 39.2 Å². The minimum absolute atomic E-state index is 0.0566. The number of likely N-dealkylation sites (tertiary alicyclic amines) is 1. The smallest absolute Gasteiger partial charge is 0.255 e. The number of nitrogens with zero attached hydrogens (tertiary/aromatic N) is 6. The van der Waals surface area contributed by atoms with Gasteiger partial charge in [0.1, 0.15) is 5.54 Å². The van der Waals surface area contributed by atoms with E-state index in [0.717, 1.165) is 32.1 Å². The van der Waals surface area contributed by atoms with Crippen molar-refractivity contribution in [3.63, 3.8) is 0 Å². The van der Waals surface area contributed by atoms with E-state index < -0.39 is 11.4 Å². The third-order valence-electron chi connectivity index (χ3n) is 5.00. The lowest BCUT2D eigenvalue weighted by atomic mass is 9.98. The summed E-state index contributed by atoms with van der Waals surface area (Å²) in [6.07, 6.45) is 4.87. The first-order valence-electron chi connectivity index (χ1n) is 9.37. The normalized spacial score (nSPS) is 16.0. The molecular weight excluding hydrogens is 361 g/mol. The van der Waals surface area contributed by atoms with Crippen molar-refractivity contribution in [2.75, 3.05) is 32.1 Å². The summed E-state index contributed by atoms with van der Waals surface area (Å²) < 4.78 is 21.3. The molecule has 2 aromatic heterocycles. The second-order valence-corrected chi connectivity index (χ2v) is 7.77. The number of aromatic nitrogens is 4. The number of aryl methyl sites for hydroxylation is 1. The third kappa shape index (κ3) is 4.57. The van der Waals surface area contributed by atoms with E-state index in [2.05, 4.69) is 38.4 Å². The molecule has 28 heavy (non-hydrogen) atoms. The second-order valence-electron chi connectivity index (χ2n) is 7.77. The fourth-order valence-corrected chi connectivity index (χ4v) is 2.98. The van der Waals surface area contributed by atoms with Crippen molar-refractivity contribution in [3.8, 4) is 11.9 Å². The summed E-state index contributed by atoms with van der Waals surface area (Å²) in [6, 6.07) is 2.20. The van der Waals surface area contributed by atoms with Crippen LogP contribution in [0.25, 0.3) is 0 Å². The van der Waals surface area contributed by atoms with Gasteiger partial charge in [-0.05, 0) is 59.7 Å². The Hall–Kier alpha value is -2.73. The largest absolute Gasteiger partial charge is 0.475 e. The number of rotatable bonds is 6. The predicted octanol–water partition coefficient (Wildman–Crippen LogP) is 2.84. The standard InChI is InChI=1S/C19H26FN7O/c1-13-16(10-27(25-13)19(2,3)12-21)23-18-22-9-15(20)17(24-18)28-11-14-5-7-26(4)8-6-14/h9-10,14H,5-8,11H2,1-4H3,(H,22,23,24). The molecule has 0 bridgehead atoms. The average molecular weight is 387 g/mol. The maximum atomic E-state index is 14.1. The van der Waals surface area contributed by atoms with Crippen LogP contribution in [0.5, 0.6) is 5.88 Å². The summed E-state index contributed by atoms with van der Waals surface area (Å²) in [4.78, 5) is 10.4. The molecule has 0 aromatic carbocycles. The van der Waals surface area contributed by atoms with E-state index in [1.165, 1.54) is 0 Å². The number of piperidine rings is 1. The molecule has 0 radical (unpaired) electrons. The van der Waals surface area contributed by atoms with Crippen LogP contribution in [0.2, 0.25) is 0 Å². The highest BCUT2D eigenvalue weighted by Crippen LogP contribution is 2.24. The van der Waals surface area contributed by atoms with Crippen molar-refractivity contribution in [1.82, 2.24) is 24.6 Å². The molecule has 1 saturated heterocycles. The molecule has 2 aromatic rings. The van der Waals surface area contributed by atoms with Crippen molar-refractivity contribution in [3.05, 3.63) is 23.9 Å². The second kappa shape index (κ2) is 8.10. The third-order valence-corrected chi connectivity index (χ3v) is 5.00. The minimum Gasteiger partial charge on any atom is -0.475 e. The molecule has 0 atom stereocenters. The Balaban J connectivity index is 1.69. The lowest BCUT2D eigenvalue weighted by Gasteiger charge is -2.28. The Bertz CT molecular complexity index is 866. The van der Waals surface area contributed by atoms with Gasteiger partial charge in [0.2, 0.25) is 11.8 Å². The van der Waals surface area contributed by atoms with Gasteiger partial charge in [-0.25, -0.2) is 4.98 Å². The van der Waals surface area contributed by atoms with Gasteiger partial charge in [0.25, 0.3) is 5.88 Å². The molecule has 3 rings (SSSR count). The van der Waals surface area contributed by atoms with E-state index in [0.29, 0.717) is 23.9 Å². The molecule has 1 aliphatic heterocycles. The van der Waals surface area contributed by atoms with Gasteiger partial charge in [0.15, 0.2) is 0 Å². The average Bonchev–Trinajstić information content (AvgIpc) is 3.05. The quantitative estimate of drug-likeness (QED) is 0.815. The summed E-state index contributed by atoms with van der Waals surface area (Å²) >= 11 is 0. The molecule has 3 heterocycles. The molecule has 150 valence electrons. The predicted molar refractivity (Wildman–Crippen MR) is 103 cm³/mol. The molecule has 0 unspecified atom stereocenters. The van der Waals surface area contributed by atoms with Gasteiger partial charge in [0, 0.05) is 0 Å². The summed E-state index contributed by atoms with van der Waals surface area (Å²) in [7, 11) is 2.10. The summed E-state index contributed by atoms with van der Waals surface area (Å²) in [6.45, 7) is 7.84. The molecule has 0 spiro atoms. The Labute approximate surface area is 164 Å². The Morgan fingerprint density at radius 1 is 1.39 bits per heavy atom. The zero-order chi connectivity index (χ0) is 20.3. The van der Waals surface area contributed by atoms with Gasteiger partial charge in [-0.2, -0.15) is 19.7 Å². The van der Waals surface area contributed by atoms with Crippen LogP contribution >= 0.6 is 0 Å². The highest BCUT2D eigenvalue weighted by Gasteiger charge is 2.22. The molecule has 0 saturated carbocycles. The van der Waals surface area contributed by atoms with Gasteiger partial charge < -0.3 is 15.0 Å². The molecule has 9 heteroatoms. The van der Waals surface area contributed by atoms with Crippen molar-refractivity contribution >= 4 is 11.6 Å². The van der Waals surface area contributed by atoms with Gasteiger partial charge in [0.05, 0.1) is 36.5 Å². The maximum absolute atomic E-state index is 14.1. The number of halogens is 1. The first kappa shape index (κ1) is 20.0. The lowest BCUT2D eigenvalue weighted by Crippen LogP contribution is -2.32. The highest BCUT2D eigenvalue weighted by atomic mass is 19.1. The summed E-state index contributed by atoms with van der Waals surface area (Å²) in [5.41, 5.74) is 0.553. The Kier molecular flexibility index (Phi) is 5.79. The van der Waals surface area contributed by atoms with Crippen LogP contribution in [0.4, 0.5) is 16.0 Å². The number of hydrogen-bond donors (Lipinski definition) is 1. The van der Waals surface area contributed by atoms with Crippen LogP contribution in [-0.4, -0.2) is 51.4 Å². The van der Waals surface area contributed by atoms with Crippen molar-refractivity contribution in [1.29, 1.82) is 5.26 Å². The lowest BCUT2D eigenvalue weighted by molar-refractivity contribution is 0.153. The fraction of sp³-hybridized carbons (Fsp3) is 0.579. The van der Waals surface area contributed by atoms with Crippen molar-refractivity contribution < 1.29 is 9.13 Å².